The average Bonchev–Trinajstić information content (AvgIpc) is 2.24. The van der Waals surface area contributed by atoms with Gasteiger partial charge in [0.2, 0.25) is 0 Å². The van der Waals surface area contributed by atoms with E-state index in [-0.39, 0.29) is 18.8 Å². The molecule has 0 aromatic rings. The predicted molar refractivity (Wildman–Crippen MR) is 59.5 cm³/mol. The monoisotopic (exact) mass is 300 g/mol. The van der Waals surface area contributed by atoms with Crippen molar-refractivity contribution < 1.29 is 30.6 Å². The van der Waals surface area contributed by atoms with E-state index in [2.05, 4.69) is 4.18 Å². The molecule has 0 amide bonds. The van der Waals surface area contributed by atoms with Crippen molar-refractivity contribution in [2.24, 2.45) is 11.3 Å². The van der Waals surface area contributed by atoms with Crippen LogP contribution in [0.4, 0.5) is 13.2 Å². The lowest BCUT2D eigenvalue weighted by atomic mass is 9.55. The maximum absolute atomic E-state index is 12.4. The number of hydrogen-bond acceptors (Lipinski definition) is 4. The minimum absolute atomic E-state index is 0.0369. The van der Waals surface area contributed by atoms with Gasteiger partial charge >= 0.3 is 15.6 Å². The van der Waals surface area contributed by atoms with E-state index in [1.165, 1.54) is 0 Å². The van der Waals surface area contributed by atoms with Crippen molar-refractivity contribution >= 4 is 15.9 Å². The summed E-state index contributed by atoms with van der Waals surface area (Å²) in [5.41, 5.74) is -8.16. The van der Waals surface area contributed by atoms with Crippen molar-refractivity contribution in [2.75, 3.05) is 0 Å². The number of carbonyl (C=O) groups is 1. The molecule has 3 fully saturated rings. The van der Waals surface area contributed by atoms with Gasteiger partial charge in [0.05, 0.1) is 0 Å². The van der Waals surface area contributed by atoms with E-state index in [0.29, 0.717) is 12.8 Å². The lowest BCUT2D eigenvalue weighted by Crippen LogP contribution is -2.60. The van der Waals surface area contributed by atoms with E-state index in [1.807, 2.05) is 0 Å². The molecule has 3 aliphatic rings. The Balaban J connectivity index is 2.36. The number of ketones is 1. The summed E-state index contributed by atoms with van der Waals surface area (Å²) < 4.78 is 63.9. The van der Waals surface area contributed by atoms with Gasteiger partial charge in [-0.2, -0.15) is 21.6 Å². The van der Waals surface area contributed by atoms with Crippen molar-refractivity contribution in [3.8, 4) is 0 Å². The van der Waals surface area contributed by atoms with Crippen molar-refractivity contribution in [2.45, 2.75) is 50.6 Å². The first-order valence-corrected chi connectivity index (χ1v) is 7.40. The molecule has 3 aliphatic carbocycles. The Bertz CT molecular complexity index is 499. The molecular formula is C11H15F3O4S. The number of carbonyl (C=O) groups excluding carboxylic acids is 1. The summed E-state index contributed by atoms with van der Waals surface area (Å²) in [6, 6.07) is 0. The smallest absolute Gasteiger partial charge is 0.296 e. The summed E-state index contributed by atoms with van der Waals surface area (Å²) in [5, 5.41) is 0. The van der Waals surface area contributed by atoms with Crippen LogP contribution in [0.2, 0.25) is 0 Å². The van der Waals surface area contributed by atoms with Crippen LogP contribution in [-0.4, -0.2) is 25.3 Å². The summed E-state index contributed by atoms with van der Waals surface area (Å²) in [5.74, 6) is -0.450. The van der Waals surface area contributed by atoms with Gasteiger partial charge in [-0.15, -0.1) is 0 Å². The zero-order valence-electron chi connectivity index (χ0n) is 10.6. The normalized spacial score (nSPS) is 34.6. The fourth-order valence-corrected chi connectivity index (χ4v) is 3.94. The lowest BCUT2D eigenvalue weighted by molar-refractivity contribution is -0.165. The van der Waals surface area contributed by atoms with Crippen LogP contribution in [-0.2, 0) is 19.1 Å². The molecule has 0 radical (unpaired) electrons. The molecular weight excluding hydrogens is 285 g/mol. The molecule has 19 heavy (non-hydrogen) atoms. The minimum atomic E-state index is -5.75. The van der Waals surface area contributed by atoms with Gasteiger partial charge < -0.3 is 0 Å². The van der Waals surface area contributed by atoms with Gasteiger partial charge in [0, 0.05) is 5.41 Å². The van der Waals surface area contributed by atoms with E-state index in [9.17, 15) is 26.4 Å². The Morgan fingerprint density at radius 1 is 1.21 bits per heavy atom. The summed E-state index contributed by atoms with van der Waals surface area (Å²) >= 11 is 0. The molecule has 3 rings (SSSR count). The molecule has 0 spiro atoms. The molecule has 0 saturated heterocycles. The predicted octanol–water partition coefficient (Wildman–Crippen LogP) is 2.39. The molecule has 0 N–H and O–H groups in total. The van der Waals surface area contributed by atoms with E-state index in [0.717, 1.165) is 0 Å². The third kappa shape index (κ3) is 2.08. The fourth-order valence-electron chi connectivity index (χ4n) is 3.18. The van der Waals surface area contributed by atoms with Crippen molar-refractivity contribution in [1.29, 1.82) is 0 Å². The second-order valence-electron chi connectivity index (χ2n) is 5.80. The molecule has 3 saturated carbocycles. The average molecular weight is 300 g/mol. The van der Waals surface area contributed by atoms with Crippen LogP contribution in [0.15, 0.2) is 0 Å². The SMILES string of the molecule is CC1(C)C(=O)C2(OS(=O)(=O)C(F)(F)F)CCC1CC2. The quantitative estimate of drug-likeness (QED) is 0.580. The third-order valence-corrected chi connectivity index (χ3v) is 5.47. The number of rotatable bonds is 2. The summed E-state index contributed by atoms with van der Waals surface area (Å²) in [4.78, 5) is 12.3. The summed E-state index contributed by atoms with van der Waals surface area (Å²) in [7, 11) is -5.75. The van der Waals surface area contributed by atoms with Crippen LogP contribution in [0, 0.1) is 11.3 Å². The van der Waals surface area contributed by atoms with Crippen LogP contribution in [0.5, 0.6) is 0 Å². The Hall–Kier alpha value is -0.630. The molecule has 0 heterocycles. The number of halogens is 3. The van der Waals surface area contributed by atoms with Gasteiger partial charge in [-0.25, -0.2) is 4.18 Å². The second-order valence-corrected chi connectivity index (χ2v) is 7.34. The Morgan fingerprint density at radius 3 is 2.11 bits per heavy atom. The van der Waals surface area contributed by atoms with Crippen LogP contribution in [0.1, 0.15) is 39.5 Å². The van der Waals surface area contributed by atoms with E-state index < -0.39 is 32.4 Å². The minimum Gasteiger partial charge on any atom is -0.296 e. The Kier molecular flexibility index (Phi) is 3.06. The summed E-state index contributed by atoms with van der Waals surface area (Å²) in [6.07, 6.45) is 1.09. The highest BCUT2D eigenvalue weighted by molar-refractivity contribution is 7.87. The Labute approximate surface area is 109 Å². The maximum atomic E-state index is 12.4. The number of hydrogen-bond donors (Lipinski definition) is 0. The summed E-state index contributed by atoms with van der Waals surface area (Å²) in [6.45, 7) is 3.27. The fraction of sp³-hybridized carbons (Fsp3) is 0.909. The molecule has 0 atom stereocenters. The topological polar surface area (TPSA) is 60.4 Å². The number of Topliss-reactive ketones (excluding diaryl/α,β-unsaturated/α-hetero) is 1. The molecule has 0 aromatic carbocycles. The molecule has 0 unspecified atom stereocenters. The number of fused-ring (bicyclic) bond motifs is 3. The van der Waals surface area contributed by atoms with Gasteiger partial charge in [0.1, 0.15) is 5.60 Å². The van der Waals surface area contributed by atoms with Crippen LogP contribution in [0.3, 0.4) is 0 Å². The van der Waals surface area contributed by atoms with E-state index in [4.69, 9.17) is 0 Å². The molecule has 2 bridgehead atoms. The molecule has 0 aromatic heterocycles. The lowest BCUT2D eigenvalue weighted by Gasteiger charge is -2.52. The van der Waals surface area contributed by atoms with Crippen molar-refractivity contribution in [1.82, 2.24) is 0 Å². The van der Waals surface area contributed by atoms with Crippen molar-refractivity contribution in [3.05, 3.63) is 0 Å². The highest BCUT2D eigenvalue weighted by atomic mass is 32.2. The number of alkyl halides is 3. The van der Waals surface area contributed by atoms with Gasteiger partial charge in [-0.1, -0.05) is 13.8 Å². The second kappa shape index (κ2) is 3.94. The zero-order chi connectivity index (χ0) is 14.7. The maximum Gasteiger partial charge on any atom is 0.523 e. The van der Waals surface area contributed by atoms with Gasteiger partial charge in [0.15, 0.2) is 5.78 Å². The highest BCUT2D eigenvalue weighted by Crippen LogP contribution is 2.54. The first-order valence-electron chi connectivity index (χ1n) is 5.99. The van der Waals surface area contributed by atoms with Gasteiger partial charge in [-0.05, 0) is 31.6 Å². The first-order chi connectivity index (χ1) is 8.42. The first kappa shape index (κ1) is 14.8. The standard InChI is InChI=1S/C11H15F3O4S/c1-9(2)7-3-5-10(6-4-7,8(9)15)18-19(16,17)11(12,13)14/h7H,3-6H2,1-2H3. The van der Waals surface area contributed by atoms with Crippen molar-refractivity contribution in [3.63, 3.8) is 0 Å². The van der Waals surface area contributed by atoms with E-state index >= 15 is 0 Å². The molecule has 110 valence electrons. The molecule has 8 heteroatoms. The third-order valence-electron chi connectivity index (χ3n) is 4.37. The largest absolute Gasteiger partial charge is 0.523 e. The highest BCUT2D eigenvalue weighted by Gasteiger charge is 2.62. The molecule has 4 nitrogen and oxygen atoms in total. The van der Waals surface area contributed by atoms with Crippen LogP contribution in [0.25, 0.3) is 0 Å². The van der Waals surface area contributed by atoms with E-state index in [1.54, 1.807) is 13.8 Å². The Morgan fingerprint density at radius 2 is 1.68 bits per heavy atom. The molecule has 0 aliphatic heterocycles. The zero-order valence-corrected chi connectivity index (χ0v) is 11.4. The van der Waals surface area contributed by atoms with Gasteiger partial charge in [0.25, 0.3) is 0 Å². The van der Waals surface area contributed by atoms with Gasteiger partial charge in [-0.3, -0.25) is 4.79 Å². The van der Waals surface area contributed by atoms with Crippen LogP contribution >= 0.6 is 0 Å². The van der Waals surface area contributed by atoms with Crippen LogP contribution < -0.4 is 0 Å².